The molecule has 0 saturated heterocycles. The lowest BCUT2D eigenvalue weighted by molar-refractivity contribution is -0.122. The number of ether oxygens (including phenoxy) is 2. The smallest absolute Gasteiger partial charge is 0.265 e. The molecule has 0 heterocycles. The van der Waals surface area contributed by atoms with Crippen LogP contribution in [0.2, 0.25) is 0 Å². The molecule has 2 rings (SSSR count). The molecule has 0 radical (unpaired) electrons. The first-order valence-electron chi connectivity index (χ1n) is 8.73. The zero-order valence-corrected chi connectivity index (χ0v) is 16.3. The summed E-state index contributed by atoms with van der Waals surface area (Å²) in [6.07, 6.45) is -0.739. The van der Waals surface area contributed by atoms with Gasteiger partial charge in [-0.25, -0.2) is 0 Å². The van der Waals surface area contributed by atoms with E-state index in [2.05, 4.69) is 10.6 Å². The third-order valence-electron chi connectivity index (χ3n) is 3.66. The van der Waals surface area contributed by atoms with E-state index in [1.165, 1.54) is 0 Å². The molecule has 2 amide bonds. The second-order valence-electron chi connectivity index (χ2n) is 7.17. The second-order valence-corrected chi connectivity index (χ2v) is 7.17. The minimum Gasteiger partial charge on any atom is -0.497 e. The second kappa shape index (κ2) is 8.58. The molecule has 0 fully saturated rings. The highest BCUT2D eigenvalue weighted by molar-refractivity contribution is 6.04. The maximum absolute atomic E-state index is 12.5. The van der Waals surface area contributed by atoms with E-state index in [9.17, 15) is 9.59 Å². The van der Waals surface area contributed by atoms with Crippen molar-refractivity contribution >= 4 is 17.5 Å². The molecule has 0 saturated carbocycles. The Bertz CT molecular complexity index is 795. The van der Waals surface area contributed by atoms with E-state index in [-0.39, 0.29) is 17.4 Å². The molecule has 0 unspecified atom stereocenters. The van der Waals surface area contributed by atoms with Crippen LogP contribution in [0.3, 0.4) is 0 Å². The van der Waals surface area contributed by atoms with Crippen LogP contribution in [0.5, 0.6) is 11.5 Å². The standard InChI is InChI=1S/C21H26N2O4/c1-14(27-16-12-10-15(26-5)11-13-16)19(24)22-18-9-7-6-8-17(18)20(25)23-21(2,3)4/h6-14H,1-5H3,(H,22,24)(H,23,25)/t14-/m0/s1. The Morgan fingerprint density at radius 1 is 0.963 bits per heavy atom. The van der Waals surface area contributed by atoms with Gasteiger partial charge in [-0.3, -0.25) is 9.59 Å². The first-order chi connectivity index (χ1) is 12.7. The summed E-state index contributed by atoms with van der Waals surface area (Å²) in [6.45, 7) is 7.35. The lowest BCUT2D eigenvalue weighted by atomic mass is 10.1. The van der Waals surface area contributed by atoms with Crippen molar-refractivity contribution in [2.75, 3.05) is 12.4 Å². The SMILES string of the molecule is COc1ccc(O[C@@H](C)C(=O)Nc2ccccc2C(=O)NC(C)(C)C)cc1. The van der Waals surface area contributed by atoms with Gasteiger partial charge in [0.15, 0.2) is 6.10 Å². The fourth-order valence-electron chi connectivity index (χ4n) is 2.34. The fraction of sp³-hybridized carbons (Fsp3) is 0.333. The van der Waals surface area contributed by atoms with Crippen molar-refractivity contribution in [2.45, 2.75) is 39.3 Å². The van der Waals surface area contributed by atoms with Gasteiger partial charge in [0.1, 0.15) is 11.5 Å². The molecular weight excluding hydrogens is 344 g/mol. The lowest BCUT2D eigenvalue weighted by Crippen LogP contribution is -2.41. The van der Waals surface area contributed by atoms with Gasteiger partial charge in [-0.15, -0.1) is 0 Å². The average molecular weight is 370 g/mol. The number of rotatable bonds is 6. The summed E-state index contributed by atoms with van der Waals surface area (Å²) in [5.74, 6) is 0.666. The van der Waals surface area contributed by atoms with Crippen LogP contribution in [0.25, 0.3) is 0 Å². The third kappa shape index (κ3) is 6.02. The monoisotopic (exact) mass is 370 g/mol. The van der Waals surface area contributed by atoms with E-state index in [1.54, 1.807) is 62.6 Å². The number of hydrogen-bond donors (Lipinski definition) is 2. The molecule has 2 aromatic carbocycles. The first-order valence-corrected chi connectivity index (χ1v) is 8.73. The van der Waals surface area contributed by atoms with E-state index in [1.807, 2.05) is 20.8 Å². The van der Waals surface area contributed by atoms with Crippen molar-refractivity contribution in [1.29, 1.82) is 0 Å². The van der Waals surface area contributed by atoms with Gasteiger partial charge in [-0.2, -0.15) is 0 Å². The number of benzene rings is 2. The van der Waals surface area contributed by atoms with Gasteiger partial charge in [-0.05, 0) is 64.1 Å². The topological polar surface area (TPSA) is 76.7 Å². The zero-order valence-electron chi connectivity index (χ0n) is 16.3. The predicted molar refractivity (Wildman–Crippen MR) is 105 cm³/mol. The van der Waals surface area contributed by atoms with E-state index in [0.717, 1.165) is 0 Å². The molecule has 0 aromatic heterocycles. The lowest BCUT2D eigenvalue weighted by Gasteiger charge is -2.22. The van der Waals surface area contributed by atoms with Crippen molar-refractivity contribution in [3.05, 3.63) is 54.1 Å². The number of anilines is 1. The summed E-state index contributed by atoms with van der Waals surface area (Å²) in [6, 6.07) is 13.9. The molecule has 6 nitrogen and oxygen atoms in total. The maximum atomic E-state index is 12.5. The Kier molecular flexibility index (Phi) is 6.45. The minimum absolute atomic E-state index is 0.248. The van der Waals surface area contributed by atoms with Crippen LogP contribution in [0, 0.1) is 0 Å². The highest BCUT2D eigenvalue weighted by Gasteiger charge is 2.21. The minimum atomic E-state index is -0.739. The Labute approximate surface area is 159 Å². The van der Waals surface area contributed by atoms with Crippen LogP contribution in [0.1, 0.15) is 38.1 Å². The molecule has 0 spiro atoms. The Balaban J connectivity index is 2.07. The van der Waals surface area contributed by atoms with Crippen LogP contribution < -0.4 is 20.1 Å². The van der Waals surface area contributed by atoms with Gasteiger partial charge < -0.3 is 20.1 Å². The van der Waals surface area contributed by atoms with Gasteiger partial charge in [-0.1, -0.05) is 12.1 Å². The van der Waals surface area contributed by atoms with Gasteiger partial charge in [0.25, 0.3) is 11.8 Å². The highest BCUT2D eigenvalue weighted by atomic mass is 16.5. The molecule has 1 atom stereocenters. The Morgan fingerprint density at radius 3 is 2.15 bits per heavy atom. The van der Waals surface area contributed by atoms with Crippen molar-refractivity contribution in [2.24, 2.45) is 0 Å². The molecular formula is C21H26N2O4. The van der Waals surface area contributed by atoms with Crippen molar-refractivity contribution in [1.82, 2.24) is 5.32 Å². The van der Waals surface area contributed by atoms with Crippen molar-refractivity contribution in [3.8, 4) is 11.5 Å². The van der Waals surface area contributed by atoms with Crippen molar-refractivity contribution < 1.29 is 19.1 Å². The summed E-state index contributed by atoms with van der Waals surface area (Å²) in [5, 5.41) is 5.67. The molecule has 0 aliphatic carbocycles. The Hall–Kier alpha value is -3.02. The summed E-state index contributed by atoms with van der Waals surface area (Å²) >= 11 is 0. The summed E-state index contributed by atoms with van der Waals surface area (Å²) in [5.41, 5.74) is 0.464. The fourth-order valence-corrected chi connectivity index (χ4v) is 2.34. The molecule has 144 valence electrons. The van der Waals surface area contributed by atoms with Gasteiger partial charge in [0, 0.05) is 5.54 Å². The number of nitrogens with one attached hydrogen (secondary N) is 2. The number of carbonyl (C=O) groups is 2. The van der Waals surface area contributed by atoms with Crippen LogP contribution >= 0.6 is 0 Å². The van der Waals surface area contributed by atoms with Crippen molar-refractivity contribution in [3.63, 3.8) is 0 Å². The third-order valence-corrected chi connectivity index (χ3v) is 3.66. The summed E-state index contributed by atoms with van der Waals surface area (Å²) in [4.78, 5) is 25.0. The van der Waals surface area contributed by atoms with Gasteiger partial charge >= 0.3 is 0 Å². The molecule has 6 heteroatoms. The number of hydrogen-bond acceptors (Lipinski definition) is 4. The predicted octanol–water partition coefficient (Wildman–Crippen LogP) is 3.63. The number of amides is 2. The Morgan fingerprint density at radius 2 is 1.56 bits per heavy atom. The van der Waals surface area contributed by atoms with E-state index >= 15 is 0 Å². The van der Waals surface area contributed by atoms with Gasteiger partial charge in [0.2, 0.25) is 0 Å². The van der Waals surface area contributed by atoms with Crippen LogP contribution in [0.4, 0.5) is 5.69 Å². The van der Waals surface area contributed by atoms with Crippen LogP contribution in [0.15, 0.2) is 48.5 Å². The van der Waals surface area contributed by atoms with E-state index < -0.39 is 6.10 Å². The maximum Gasteiger partial charge on any atom is 0.265 e. The highest BCUT2D eigenvalue weighted by Crippen LogP contribution is 2.20. The van der Waals surface area contributed by atoms with E-state index in [4.69, 9.17) is 9.47 Å². The molecule has 2 aromatic rings. The van der Waals surface area contributed by atoms with Gasteiger partial charge in [0.05, 0.1) is 18.4 Å². The number of para-hydroxylation sites is 1. The molecule has 27 heavy (non-hydrogen) atoms. The first kappa shape index (κ1) is 20.3. The molecule has 2 N–H and O–H groups in total. The quantitative estimate of drug-likeness (QED) is 0.814. The van der Waals surface area contributed by atoms with Crippen LogP contribution in [-0.4, -0.2) is 30.6 Å². The summed E-state index contributed by atoms with van der Waals surface area (Å²) < 4.78 is 10.8. The molecule has 0 bridgehead atoms. The normalized spacial score (nSPS) is 12.0. The average Bonchev–Trinajstić information content (AvgIpc) is 2.61. The number of carbonyl (C=O) groups excluding carboxylic acids is 2. The van der Waals surface area contributed by atoms with E-state index in [0.29, 0.717) is 22.7 Å². The summed E-state index contributed by atoms with van der Waals surface area (Å²) in [7, 11) is 1.58. The molecule has 0 aliphatic heterocycles. The number of methoxy groups -OCH3 is 1. The largest absolute Gasteiger partial charge is 0.497 e. The molecule has 0 aliphatic rings. The van der Waals surface area contributed by atoms with Crippen LogP contribution in [-0.2, 0) is 4.79 Å². The zero-order chi connectivity index (χ0) is 20.0.